The number of rotatable bonds is 6. The minimum Gasteiger partial charge on any atom is -0.372 e. The number of nitriles is 1. The van der Waals surface area contributed by atoms with E-state index in [4.69, 9.17) is 17.0 Å². The van der Waals surface area contributed by atoms with E-state index in [1.54, 1.807) is 16.4 Å². The van der Waals surface area contributed by atoms with Crippen molar-refractivity contribution in [3.05, 3.63) is 67.3 Å². The number of aryl methyl sites for hydroxylation is 1. The van der Waals surface area contributed by atoms with Crippen LogP contribution in [0.5, 0.6) is 0 Å². The standard InChI is InChI=1S/C28H32N4O3S2/c1-6-11-31-25(30-14-18(3)35-19(4)15-30)22(20(5)23(13-29)26(31)33)12-24-27(34)32(28(36)37-24)16-21-9-7-17(2)8-10-21/h7-10,12,18-19H,6,11,14-16H2,1-5H3/b24-12+. The van der Waals surface area contributed by atoms with Crippen LogP contribution < -0.4 is 10.5 Å². The normalized spacial score (nSPS) is 21.1. The fraction of sp³-hybridized carbons (Fsp3) is 0.429. The minimum atomic E-state index is -0.298. The Hall–Kier alpha value is -2.93. The number of nitrogens with zero attached hydrogens (tertiary/aromatic N) is 4. The quantitative estimate of drug-likeness (QED) is 0.389. The second-order valence-corrected chi connectivity index (χ2v) is 11.4. The van der Waals surface area contributed by atoms with E-state index >= 15 is 0 Å². The Morgan fingerprint density at radius 2 is 1.81 bits per heavy atom. The van der Waals surface area contributed by atoms with Gasteiger partial charge in [-0.05, 0) is 51.3 Å². The van der Waals surface area contributed by atoms with E-state index < -0.39 is 0 Å². The topological polar surface area (TPSA) is 78.6 Å². The fourth-order valence-electron chi connectivity index (χ4n) is 4.91. The van der Waals surface area contributed by atoms with Gasteiger partial charge in [-0.2, -0.15) is 5.26 Å². The van der Waals surface area contributed by atoms with Crippen LogP contribution in [0, 0.1) is 25.2 Å². The molecule has 1 aromatic carbocycles. The molecule has 2 atom stereocenters. The number of anilines is 1. The number of thiocarbonyl (C=S) groups is 1. The van der Waals surface area contributed by atoms with Gasteiger partial charge in [0.05, 0.1) is 23.7 Å². The Bertz CT molecular complexity index is 1350. The summed E-state index contributed by atoms with van der Waals surface area (Å²) in [6.45, 7) is 11.9. The summed E-state index contributed by atoms with van der Waals surface area (Å²) in [6, 6.07) is 10.1. The number of ether oxygens (including phenoxy) is 1. The van der Waals surface area contributed by atoms with Crippen LogP contribution in [-0.2, 0) is 22.6 Å². The van der Waals surface area contributed by atoms with E-state index in [-0.39, 0.29) is 29.2 Å². The van der Waals surface area contributed by atoms with Crippen LogP contribution in [0.15, 0.2) is 34.0 Å². The number of hydrogen-bond acceptors (Lipinski definition) is 7. The van der Waals surface area contributed by atoms with Gasteiger partial charge in [0.15, 0.2) is 0 Å². The predicted octanol–water partition coefficient (Wildman–Crippen LogP) is 4.76. The molecule has 7 nitrogen and oxygen atoms in total. The molecule has 1 aromatic heterocycles. The van der Waals surface area contributed by atoms with E-state index in [2.05, 4.69) is 11.0 Å². The SMILES string of the molecule is CCCn1c(N2CC(C)OC(C)C2)c(/C=C2/SC(=S)N(Cc3ccc(C)cc3)C2=O)c(C)c(C#N)c1=O. The van der Waals surface area contributed by atoms with Gasteiger partial charge < -0.3 is 9.64 Å². The number of morpholine rings is 1. The minimum absolute atomic E-state index is 0.0227. The van der Waals surface area contributed by atoms with Crippen molar-refractivity contribution in [1.29, 1.82) is 5.26 Å². The third-order valence-electron chi connectivity index (χ3n) is 6.62. The number of amides is 1. The molecule has 2 aliphatic rings. The first kappa shape index (κ1) is 27.1. The number of carbonyl (C=O) groups is 1. The first-order valence-electron chi connectivity index (χ1n) is 12.5. The Kier molecular flexibility index (Phi) is 8.22. The van der Waals surface area contributed by atoms with Crippen molar-refractivity contribution in [2.75, 3.05) is 18.0 Å². The first-order chi connectivity index (χ1) is 17.6. The molecule has 0 N–H and O–H groups in total. The number of aromatic nitrogens is 1. The van der Waals surface area contributed by atoms with E-state index in [0.717, 1.165) is 23.4 Å². The van der Waals surface area contributed by atoms with Gasteiger partial charge in [-0.1, -0.05) is 60.7 Å². The summed E-state index contributed by atoms with van der Waals surface area (Å²) < 4.78 is 8.13. The van der Waals surface area contributed by atoms with Crippen LogP contribution in [0.2, 0.25) is 0 Å². The van der Waals surface area contributed by atoms with Crippen molar-refractivity contribution in [1.82, 2.24) is 9.47 Å². The van der Waals surface area contributed by atoms with Gasteiger partial charge in [0, 0.05) is 25.2 Å². The monoisotopic (exact) mass is 536 g/mol. The molecule has 2 aromatic rings. The molecule has 1 amide bonds. The molecule has 2 saturated heterocycles. The van der Waals surface area contributed by atoms with Crippen molar-refractivity contribution in [3.63, 3.8) is 0 Å². The van der Waals surface area contributed by atoms with Gasteiger partial charge in [0.2, 0.25) is 0 Å². The average Bonchev–Trinajstić information content (AvgIpc) is 3.10. The lowest BCUT2D eigenvalue weighted by Crippen LogP contribution is -2.48. The molecule has 9 heteroatoms. The maximum absolute atomic E-state index is 13.5. The molecule has 0 radical (unpaired) electrons. The highest BCUT2D eigenvalue weighted by molar-refractivity contribution is 8.26. The largest absolute Gasteiger partial charge is 0.372 e. The molecule has 0 saturated carbocycles. The van der Waals surface area contributed by atoms with Gasteiger partial charge in [0.1, 0.15) is 21.8 Å². The zero-order chi connectivity index (χ0) is 26.9. The molecule has 2 unspecified atom stereocenters. The average molecular weight is 537 g/mol. The van der Waals surface area contributed by atoms with E-state index in [0.29, 0.717) is 46.5 Å². The highest BCUT2D eigenvalue weighted by atomic mass is 32.2. The molecule has 0 aliphatic carbocycles. The molecule has 3 heterocycles. The summed E-state index contributed by atoms with van der Waals surface area (Å²) >= 11 is 6.84. The highest BCUT2D eigenvalue weighted by Gasteiger charge is 2.34. The number of carbonyl (C=O) groups excluding carboxylic acids is 1. The second-order valence-electron chi connectivity index (χ2n) is 9.72. The Balaban J connectivity index is 1.83. The second kappa shape index (κ2) is 11.2. The molecular weight excluding hydrogens is 504 g/mol. The van der Waals surface area contributed by atoms with Crippen molar-refractivity contribution in [2.45, 2.75) is 66.3 Å². The summed E-state index contributed by atoms with van der Waals surface area (Å²) in [6.07, 6.45) is 2.50. The van der Waals surface area contributed by atoms with Gasteiger partial charge >= 0.3 is 0 Å². The van der Waals surface area contributed by atoms with Crippen LogP contribution in [0.3, 0.4) is 0 Å². The van der Waals surface area contributed by atoms with Crippen LogP contribution in [0.1, 0.15) is 55.0 Å². The summed E-state index contributed by atoms with van der Waals surface area (Å²) in [5, 5.41) is 9.86. The Morgan fingerprint density at radius 1 is 1.16 bits per heavy atom. The lowest BCUT2D eigenvalue weighted by atomic mass is 10.0. The lowest BCUT2D eigenvalue weighted by Gasteiger charge is -2.39. The molecule has 2 fully saturated rings. The van der Waals surface area contributed by atoms with Gasteiger partial charge in [-0.3, -0.25) is 19.1 Å². The van der Waals surface area contributed by atoms with Gasteiger partial charge in [-0.25, -0.2) is 0 Å². The molecule has 194 valence electrons. The zero-order valence-electron chi connectivity index (χ0n) is 21.9. The van der Waals surface area contributed by atoms with Crippen molar-refractivity contribution < 1.29 is 9.53 Å². The molecular formula is C28H32N4O3S2. The predicted molar refractivity (Wildman–Crippen MR) is 153 cm³/mol. The van der Waals surface area contributed by atoms with Crippen LogP contribution in [0.25, 0.3) is 6.08 Å². The highest BCUT2D eigenvalue weighted by Crippen LogP contribution is 2.37. The summed E-state index contributed by atoms with van der Waals surface area (Å²) in [5.41, 5.74) is 3.24. The van der Waals surface area contributed by atoms with Crippen LogP contribution in [-0.4, -0.2) is 45.0 Å². The van der Waals surface area contributed by atoms with E-state index in [1.807, 2.05) is 58.0 Å². The summed E-state index contributed by atoms with van der Waals surface area (Å²) in [5.74, 6) is 0.561. The number of pyridine rings is 1. The van der Waals surface area contributed by atoms with Gasteiger partial charge in [0.25, 0.3) is 11.5 Å². The smallest absolute Gasteiger partial charge is 0.270 e. The zero-order valence-corrected chi connectivity index (χ0v) is 23.5. The molecule has 2 aliphatic heterocycles. The summed E-state index contributed by atoms with van der Waals surface area (Å²) in [7, 11) is 0. The molecule has 37 heavy (non-hydrogen) atoms. The Morgan fingerprint density at radius 3 is 2.41 bits per heavy atom. The summed E-state index contributed by atoms with van der Waals surface area (Å²) in [4.78, 5) is 31.1. The third-order valence-corrected chi connectivity index (χ3v) is 8.00. The molecule has 4 rings (SSSR count). The maximum Gasteiger partial charge on any atom is 0.270 e. The first-order valence-corrected chi connectivity index (χ1v) is 13.8. The Labute approximate surface area is 227 Å². The number of thioether (sulfide) groups is 1. The van der Waals surface area contributed by atoms with Crippen LogP contribution >= 0.6 is 24.0 Å². The fourth-order valence-corrected chi connectivity index (χ4v) is 6.15. The van der Waals surface area contributed by atoms with Crippen molar-refractivity contribution in [3.8, 4) is 6.07 Å². The van der Waals surface area contributed by atoms with Gasteiger partial charge in [-0.15, -0.1) is 0 Å². The lowest BCUT2D eigenvalue weighted by molar-refractivity contribution is -0.122. The van der Waals surface area contributed by atoms with Crippen molar-refractivity contribution in [2.24, 2.45) is 0 Å². The number of benzene rings is 1. The maximum atomic E-state index is 13.5. The van der Waals surface area contributed by atoms with E-state index in [1.165, 1.54) is 11.8 Å². The molecule has 0 bridgehead atoms. The molecule has 0 spiro atoms. The number of hydrogen-bond donors (Lipinski definition) is 0. The third kappa shape index (κ3) is 5.52. The van der Waals surface area contributed by atoms with E-state index in [9.17, 15) is 14.9 Å². The van der Waals surface area contributed by atoms with Crippen LogP contribution in [0.4, 0.5) is 5.82 Å². The van der Waals surface area contributed by atoms with Crippen molar-refractivity contribution >= 4 is 46.1 Å².